The highest BCUT2D eigenvalue weighted by Gasteiger charge is 2.30. The Bertz CT molecular complexity index is 777. The molecule has 0 aliphatic heterocycles. The summed E-state index contributed by atoms with van der Waals surface area (Å²) in [7, 11) is 0. The van der Waals surface area contributed by atoms with Gasteiger partial charge in [0.2, 0.25) is 0 Å². The molecule has 0 radical (unpaired) electrons. The molecule has 0 bridgehead atoms. The van der Waals surface area contributed by atoms with Gasteiger partial charge in [0.15, 0.2) is 0 Å². The molecular weight excluding hydrogens is 353 g/mol. The van der Waals surface area contributed by atoms with Crippen molar-refractivity contribution in [1.29, 1.82) is 0 Å². The van der Waals surface area contributed by atoms with Gasteiger partial charge in [-0.2, -0.15) is 10.2 Å². The van der Waals surface area contributed by atoms with Gasteiger partial charge in [-0.15, -0.1) is 13.2 Å². The lowest BCUT2D eigenvalue weighted by molar-refractivity contribution is -0.274. The predicted molar refractivity (Wildman–Crippen MR) is 103 cm³/mol. The van der Waals surface area contributed by atoms with Gasteiger partial charge in [0.25, 0.3) is 0 Å². The van der Waals surface area contributed by atoms with E-state index in [0.29, 0.717) is 5.56 Å². The first-order chi connectivity index (χ1) is 13.0. The molecule has 0 spiro atoms. The van der Waals surface area contributed by atoms with Gasteiger partial charge in [-0.25, -0.2) is 0 Å². The number of ether oxygens (including phenoxy) is 1. The molecule has 0 aromatic heterocycles. The standard InChI is InChI=1S/C21H21F3N2O/c1-2-3-4-5-6-17-7-9-18(10-8-17)15-25-26-16-19-11-13-20(14-12-19)27-21(22,23)24/h3-4,7-16H,2,5-6H2,1H3. The van der Waals surface area contributed by atoms with Crippen LogP contribution in [-0.4, -0.2) is 18.8 Å². The number of aryl methyl sites for hydroxylation is 1. The maximum Gasteiger partial charge on any atom is 0.573 e. The summed E-state index contributed by atoms with van der Waals surface area (Å²) >= 11 is 0. The summed E-state index contributed by atoms with van der Waals surface area (Å²) in [5.41, 5.74) is 2.81. The van der Waals surface area contributed by atoms with Gasteiger partial charge >= 0.3 is 6.36 Å². The van der Waals surface area contributed by atoms with Crippen molar-refractivity contribution in [3.05, 3.63) is 77.4 Å². The van der Waals surface area contributed by atoms with E-state index in [-0.39, 0.29) is 5.75 Å². The monoisotopic (exact) mass is 374 g/mol. The van der Waals surface area contributed by atoms with E-state index < -0.39 is 6.36 Å². The molecular formula is C21H21F3N2O. The van der Waals surface area contributed by atoms with Gasteiger partial charge in [-0.05, 0) is 60.2 Å². The summed E-state index contributed by atoms with van der Waals surface area (Å²) in [6.45, 7) is 2.12. The molecule has 0 fully saturated rings. The van der Waals surface area contributed by atoms with E-state index in [4.69, 9.17) is 0 Å². The molecule has 0 aliphatic rings. The first kappa shape index (κ1) is 20.4. The Morgan fingerprint density at radius 2 is 1.41 bits per heavy atom. The molecule has 3 nitrogen and oxygen atoms in total. The molecule has 2 rings (SSSR count). The molecule has 0 aliphatic carbocycles. The van der Waals surface area contributed by atoms with E-state index in [0.717, 1.165) is 24.8 Å². The van der Waals surface area contributed by atoms with Crippen molar-refractivity contribution >= 4 is 12.4 Å². The molecule has 0 unspecified atom stereocenters. The maximum atomic E-state index is 12.1. The van der Waals surface area contributed by atoms with Crippen LogP contribution in [0.5, 0.6) is 5.75 Å². The average molecular weight is 374 g/mol. The van der Waals surface area contributed by atoms with Crippen molar-refractivity contribution < 1.29 is 17.9 Å². The Balaban J connectivity index is 1.84. The molecule has 0 amide bonds. The van der Waals surface area contributed by atoms with Crippen molar-refractivity contribution in [2.45, 2.75) is 32.5 Å². The van der Waals surface area contributed by atoms with Gasteiger partial charge in [0.1, 0.15) is 5.75 Å². The third kappa shape index (κ3) is 8.35. The Hall–Kier alpha value is -2.89. The smallest absolute Gasteiger partial charge is 0.406 e. The highest BCUT2D eigenvalue weighted by Crippen LogP contribution is 2.22. The second kappa shape index (κ2) is 10.3. The Morgan fingerprint density at radius 3 is 1.93 bits per heavy atom. The van der Waals surface area contributed by atoms with Gasteiger partial charge in [0.05, 0.1) is 12.4 Å². The number of hydrogen-bond donors (Lipinski definition) is 0. The van der Waals surface area contributed by atoms with Crippen LogP contribution in [0.15, 0.2) is 70.9 Å². The molecule has 0 N–H and O–H groups in total. The van der Waals surface area contributed by atoms with Crippen LogP contribution >= 0.6 is 0 Å². The van der Waals surface area contributed by atoms with Crippen molar-refractivity contribution in [3.63, 3.8) is 0 Å². The molecule has 27 heavy (non-hydrogen) atoms. The number of alkyl halides is 3. The molecule has 0 saturated heterocycles. The fourth-order valence-electron chi connectivity index (χ4n) is 2.26. The zero-order chi connectivity index (χ0) is 19.5. The van der Waals surface area contributed by atoms with Gasteiger partial charge < -0.3 is 4.74 Å². The van der Waals surface area contributed by atoms with Crippen molar-refractivity contribution in [2.24, 2.45) is 10.2 Å². The van der Waals surface area contributed by atoms with E-state index in [1.165, 1.54) is 36.0 Å². The third-order valence-electron chi connectivity index (χ3n) is 3.58. The topological polar surface area (TPSA) is 34.0 Å². The first-order valence-electron chi connectivity index (χ1n) is 8.62. The number of nitrogens with zero attached hydrogens (tertiary/aromatic N) is 2. The summed E-state index contributed by atoms with van der Waals surface area (Å²) in [4.78, 5) is 0. The highest BCUT2D eigenvalue weighted by atomic mass is 19.4. The van der Waals surface area contributed by atoms with E-state index >= 15 is 0 Å². The average Bonchev–Trinajstić information content (AvgIpc) is 2.63. The summed E-state index contributed by atoms with van der Waals surface area (Å²) in [5, 5.41) is 7.86. The summed E-state index contributed by atoms with van der Waals surface area (Å²) in [6, 6.07) is 13.5. The van der Waals surface area contributed by atoms with Crippen LogP contribution < -0.4 is 4.74 Å². The normalized spacial score (nSPS) is 12.4. The quantitative estimate of drug-likeness (QED) is 0.320. The molecule has 2 aromatic carbocycles. The Kier molecular flexibility index (Phi) is 7.79. The fourth-order valence-corrected chi connectivity index (χ4v) is 2.26. The van der Waals surface area contributed by atoms with Gasteiger partial charge in [-0.1, -0.05) is 43.3 Å². The molecule has 0 saturated carbocycles. The number of benzene rings is 2. The Morgan fingerprint density at radius 1 is 0.852 bits per heavy atom. The molecule has 6 heteroatoms. The third-order valence-corrected chi connectivity index (χ3v) is 3.58. The van der Waals surface area contributed by atoms with Crippen molar-refractivity contribution in [2.75, 3.05) is 0 Å². The summed E-state index contributed by atoms with van der Waals surface area (Å²) < 4.78 is 40.1. The fraction of sp³-hybridized carbons (Fsp3) is 0.238. The zero-order valence-electron chi connectivity index (χ0n) is 15.0. The van der Waals surface area contributed by atoms with E-state index in [9.17, 15) is 13.2 Å². The predicted octanol–water partition coefficient (Wildman–Crippen LogP) is 5.94. The minimum absolute atomic E-state index is 0.270. The summed E-state index contributed by atoms with van der Waals surface area (Å²) in [5.74, 6) is -0.270. The lowest BCUT2D eigenvalue weighted by atomic mass is 10.1. The van der Waals surface area contributed by atoms with Gasteiger partial charge in [0, 0.05) is 0 Å². The van der Waals surface area contributed by atoms with E-state index in [1.807, 2.05) is 12.1 Å². The van der Waals surface area contributed by atoms with Crippen molar-refractivity contribution in [1.82, 2.24) is 0 Å². The number of allylic oxidation sites excluding steroid dienone is 2. The molecule has 142 valence electrons. The molecule has 0 heterocycles. The van der Waals surface area contributed by atoms with E-state index in [1.54, 1.807) is 6.21 Å². The van der Waals surface area contributed by atoms with Crippen LogP contribution in [-0.2, 0) is 6.42 Å². The van der Waals surface area contributed by atoms with Crippen LogP contribution in [0.1, 0.15) is 36.5 Å². The lowest BCUT2D eigenvalue weighted by Crippen LogP contribution is -2.16. The van der Waals surface area contributed by atoms with Crippen molar-refractivity contribution in [3.8, 4) is 5.75 Å². The highest BCUT2D eigenvalue weighted by molar-refractivity contribution is 5.82. The molecule has 0 atom stereocenters. The molecule has 2 aromatic rings. The second-order valence-electron chi connectivity index (χ2n) is 5.77. The number of halogens is 3. The SMILES string of the molecule is CCC=CCCc1ccc(C=NN=Cc2ccc(OC(F)(F)F)cc2)cc1. The lowest BCUT2D eigenvalue weighted by Gasteiger charge is -2.08. The van der Waals surface area contributed by atoms with Crippen LogP contribution in [0.2, 0.25) is 0 Å². The Labute approximate surface area is 156 Å². The minimum Gasteiger partial charge on any atom is -0.406 e. The second-order valence-corrected chi connectivity index (χ2v) is 5.77. The number of rotatable bonds is 8. The van der Waals surface area contributed by atoms with Gasteiger partial charge in [-0.3, -0.25) is 0 Å². The zero-order valence-corrected chi connectivity index (χ0v) is 15.0. The summed E-state index contributed by atoms with van der Waals surface area (Å²) in [6.07, 6.45) is 5.82. The first-order valence-corrected chi connectivity index (χ1v) is 8.62. The van der Waals surface area contributed by atoms with Crippen LogP contribution in [0.25, 0.3) is 0 Å². The van der Waals surface area contributed by atoms with E-state index in [2.05, 4.69) is 46.1 Å². The van der Waals surface area contributed by atoms with Crippen LogP contribution in [0.3, 0.4) is 0 Å². The van der Waals surface area contributed by atoms with Crippen LogP contribution in [0.4, 0.5) is 13.2 Å². The van der Waals surface area contributed by atoms with Crippen LogP contribution in [0, 0.1) is 0 Å². The number of hydrogen-bond acceptors (Lipinski definition) is 3. The minimum atomic E-state index is -4.69. The largest absolute Gasteiger partial charge is 0.573 e. The maximum absolute atomic E-state index is 12.1.